The normalized spacial score (nSPS) is 12.3. The van der Waals surface area contributed by atoms with Crippen LogP contribution in [0.2, 0.25) is 0 Å². The summed E-state index contributed by atoms with van der Waals surface area (Å²) >= 11 is 0. The molecule has 0 radical (unpaired) electrons. The molecule has 0 aliphatic heterocycles. The molecule has 0 heterocycles. The first-order valence-corrected chi connectivity index (χ1v) is 9.12. The maximum atomic E-state index is 12.2. The number of nitriles is 1. The van der Waals surface area contributed by atoms with E-state index in [1.807, 2.05) is 12.1 Å². The first kappa shape index (κ1) is 17.9. The molecule has 0 saturated carbocycles. The summed E-state index contributed by atoms with van der Waals surface area (Å²) in [4.78, 5) is 12.1. The van der Waals surface area contributed by atoms with Crippen LogP contribution >= 0.6 is 0 Å². The van der Waals surface area contributed by atoms with Crippen LogP contribution in [0.3, 0.4) is 0 Å². The minimum absolute atomic E-state index is 0.0848. The lowest BCUT2D eigenvalue weighted by molar-refractivity contribution is 0.0975. The fourth-order valence-corrected chi connectivity index (χ4v) is 3.76. The highest BCUT2D eigenvalue weighted by molar-refractivity contribution is 7.88. The van der Waals surface area contributed by atoms with Gasteiger partial charge in [0.1, 0.15) is 0 Å². The number of carbonyl (C=O) groups is 1. The Morgan fingerprint density at radius 2 is 1.88 bits per heavy atom. The number of ketones is 1. The Morgan fingerprint density at radius 1 is 1.17 bits per heavy atom. The summed E-state index contributed by atoms with van der Waals surface area (Å²) in [5.41, 5.74) is 1.50. The van der Waals surface area contributed by atoms with Crippen molar-refractivity contribution in [1.82, 2.24) is 4.72 Å². The number of Topliss-reactive ketones (excluding diaryl/α,β-unsaturated/α-hetero) is 1. The van der Waals surface area contributed by atoms with E-state index < -0.39 is 16.1 Å². The van der Waals surface area contributed by atoms with E-state index in [2.05, 4.69) is 4.72 Å². The van der Waals surface area contributed by atoms with E-state index in [0.717, 1.165) is 0 Å². The smallest absolute Gasteiger partial charge is 0.216 e. The molecule has 0 fully saturated rings. The maximum Gasteiger partial charge on any atom is 0.216 e. The van der Waals surface area contributed by atoms with Gasteiger partial charge in [0.25, 0.3) is 0 Å². The number of nitrogens with one attached hydrogen (secondary N) is 1. The third kappa shape index (κ3) is 5.30. The van der Waals surface area contributed by atoms with Crippen LogP contribution in [0.5, 0.6) is 0 Å². The third-order valence-electron chi connectivity index (χ3n) is 3.38. The molecule has 0 saturated heterocycles. The fourth-order valence-electron chi connectivity index (χ4n) is 2.36. The Hall–Kier alpha value is -2.49. The number of rotatable bonds is 7. The highest BCUT2D eigenvalue weighted by atomic mass is 32.2. The van der Waals surface area contributed by atoms with Gasteiger partial charge in [-0.2, -0.15) is 5.26 Å². The Kier molecular flexibility index (Phi) is 5.85. The minimum atomic E-state index is -3.60. The zero-order valence-corrected chi connectivity index (χ0v) is 14.1. The van der Waals surface area contributed by atoms with Crippen LogP contribution in [0.4, 0.5) is 0 Å². The molecule has 0 bridgehead atoms. The molecule has 24 heavy (non-hydrogen) atoms. The van der Waals surface area contributed by atoms with E-state index in [4.69, 9.17) is 5.26 Å². The lowest BCUT2D eigenvalue weighted by Crippen LogP contribution is -2.35. The van der Waals surface area contributed by atoms with E-state index in [1.54, 1.807) is 55.5 Å². The van der Waals surface area contributed by atoms with Crippen molar-refractivity contribution in [2.45, 2.75) is 25.1 Å². The van der Waals surface area contributed by atoms with Gasteiger partial charge in [-0.25, -0.2) is 13.1 Å². The molecule has 1 atom stereocenters. The van der Waals surface area contributed by atoms with Crippen LogP contribution < -0.4 is 4.72 Å². The first-order chi connectivity index (χ1) is 11.4. The van der Waals surface area contributed by atoms with Crippen molar-refractivity contribution in [1.29, 1.82) is 5.26 Å². The molecule has 0 spiro atoms. The lowest BCUT2D eigenvalue weighted by Gasteiger charge is -2.14. The number of benzene rings is 2. The zero-order valence-electron chi connectivity index (χ0n) is 13.3. The predicted molar refractivity (Wildman–Crippen MR) is 91.8 cm³/mol. The van der Waals surface area contributed by atoms with Crippen LogP contribution in [-0.2, 0) is 15.8 Å². The van der Waals surface area contributed by atoms with Crippen molar-refractivity contribution in [3.05, 3.63) is 71.3 Å². The summed E-state index contributed by atoms with van der Waals surface area (Å²) in [5, 5.41) is 8.86. The van der Waals surface area contributed by atoms with Crippen molar-refractivity contribution in [2.24, 2.45) is 0 Å². The largest absolute Gasteiger partial charge is 0.294 e. The van der Waals surface area contributed by atoms with Gasteiger partial charge in [-0.3, -0.25) is 4.79 Å². The molecule has 0 aromatic heterocycles. The van der Waals surface area contributed by atoms with Gasteiger partial charge in [-0.15, -0.1) is 0 Å². The molecule has 2 aromatic rings. The molecule has 0 amide bonds. The summed E-state index contributed by atoms with van der Waals surface area (Å²) in [6.07, 6.45) is 0.0848. The fraction of sp³-hybridized carbons (Fsp3) is 0.222. The van der Waals surface area contributed by atoms with Crippen LogP contribution in [0.1, 0.15) is 34.8 Å². The number of hydrogen-bond acceptors (Lipinski definition) is 4. The molecule has 1 N–H and O–H groups in total. The summed E-state index contributed by atoms with van der Waals surface area (Å²) in [7, 11) is -3.60. The molecule has 0 aliphatic carbocycles. The third-order valence-corrected chi connectivity index (χ3v) is 4.86. The molecule has 2 rings (SSSR count). The first-order valence-electron chi connectivity index (χ1n) is 7.47. The maximum absolute atomic E-state index is 12.2. The van der Waals surface area contributed by atoms with Gasteiger partial charge >= 0.3 is 0 Å². The Bertz CT molecular complexity index is 855. The van der Waals surface area contributed by atoms with Gasteiger partial charge in [0.2, 0.25) is 10.0 Å². The lowest BCUT2D eigenvalue weighted by atomic mass is 10.1. The number of carbonyl (C=O) groups excluding carboxylic acids is 1. The molecule has 2 aromatic carbocycles. The van der Waals surface area contributed by atoms with Crippen LogP contribution in [0, 0.1) is 11.3 Å². The van der Waals surface area contributed by atoms with Gasteiger partial charge in [0.05, 0.1) is 17.4 Å². The van der Waals surface area contributed by atoms with Crippen LogP contribution in [-0.4, -0.2) is 20.2 Å². The van der Waals surface area contributed by atoms with Crippen molar-refractivity contribution in [3.63, 3.8) is 0 Å². The molecular weight excluding hydrogens is 324 g/mol. The number of sulfonamides is 1. The Morgan fingerprint density at radius 3 is 2.54 bits per heavy atom. The number of nitrogens with zero attached hydrogens (tertiary/aromatic N) is 1. The van der Waals surface area contributed by atoms with Crippen molar-refractivity contribution < 1.29 is 13.2 Å². The van der Waals surface area contributed by atoms with Gasteiger partial charge < -0.3 is 0 Å². The SMILES string of the molecule is CC(CC(=O)c1ccccc1)NS(=O)(=O)Cc1cccc(C#N)c1. The minimum Gasteiger partial charge on any atom is -0.294 e. The summed E-state index contributed by atoms with van der Waals surface area (Å²) in [6.45, 7) is 1.66. The molecule has 124 valence electrons. The second kappa shape index (κ2) is 7.86. The average Bonchev–Trinajstić information content (AvgIpc) is 2.54. The standard InChI is InChI=1S/C18H18N2O3S/c1-14(10-18(21)17-8-3-2-4-9-17)20-24(22,23)13-16-7-5-6-15(11-16)12-19/h2-9,11,14,20H,10,13H2,1H3. The highest BCUT2D eigenvalue weighted by Gasteiger charge is 2.18. The summed E-state index contributed by atoms with van der Waals surface area (Å²) in [5.74, 6) is -0.343. The van der Waals surface area contributed by atoms with Gasteiger partial charge in [0, 0.05) is 18.0 Å². The second-order valence-corrected chi connectivity index (χ2v) is 7.34. The van der Waals surface area contributed by atoms with Crippen molar-refractivity contribution >= 4 is 15.8 Å². The van der Waals surface area contributed by atoms with Crippen LogP contribution in [0.25, 0.3) is 0 Å². The van der Waals surface area contributed by atoms with Crippen molar-refractivity contribution in [2.75, 3.05) is 0 Å². The predicted octanol–water partition coefficient (Wildman–Crippen LogP) is 2.64. The quantitative estimate of drug-likeness (QED) is 0.784. The van der Waals surface area contributed by atoms with E-state index >= 15 is 0 Å². The molecule has 1 unspecified atom stereocenters. The molecule has 5 nitrogen and oxygen atoms in total. The Balaban J connectivity index is 1.98. The van der Waals surface area contributed by atoms with Gasteiger partial charge in [-0.1, -0.05) is 42.5 Å². The summed E-state index contributed by atoms with van der Waals surface area (Å²) in [6, 6.07) is 16.7. The Labute approximate surface area is 142 Å². The highest BCUT2D eigenvalue weighted by Crippen LogP contribution is 2.10. The van der Waals surface area contributed by atoms with Crippen LogP contribution in [0.15, 0.2) is 54.6 Å². The molecular formula is C18H18N2O3S. The van der Waals surface area contributed by atoms with Crippen molar-refractivity contribution in [3.8, 4) is 6.07 Å². The summed E-state index contributed by atoms with van der Waals surface area (Å²) < 4.78 is 27.0. The van der Waals surface area contributed by atoms with E-state index in [-0.39, 0.29) is 18.0 Å². The second-order valence-electron chi connectivity index (χ2n) is 5.58. The van der Waals surface area contributed by atoms with E-state index in [9.17, 15) is 13.2 Å². The average molecular weight is 342 g/mol. The van der Waals surface area contributed by atoms with Gasteiger partial charge in [-0.05, 0) is 24.6 Å². The topological polar surface area (TPSA) is 87.0 Å². The van der Waals surface area contributed by atoms with Gasteiger partial charge in [0.15, 0.2) is 5.78 Å². The van der Waals surface area contributed by atoms with E-state index in [1.165, 1.54) is 0 Å². The monoisotopic (exact) mass is 342 g/mol. The molecule has 0 aliphatic rings. The zero-order chi connectivity index (χ0) is 17.6. The van der Waals surface area contributed by atoms with E-state index in [0.29, 0.717) is 16.7 Å². The molecule has 6 heteroatoms. The number of hydrogen-bond donors (Lipinski definition) is 1.